The fourth-order valence-corrected chi connectivity index (χ4v) is 4.41. The molecule has 3 heterocycles. The Labute approximate surface area is 144 Å². The number of thiophene rings is 1. The van der Waals surface area contributed by atoms with E-state index in [9.17, 15) is 9.59 Å². The van der Waals surface area contributed by atoms with Crippen molar-refractivity contribution in [3.8, 4) is 0 Å². The van der Waals surface area contributed by atoms with Gasteiger partial charge in [0.05, 0.1) is 10.4 Å². The van der Waals surface area contributed by atoms with Gasteiger partial charge in [0.25, 0.3) is 11.8 Å². The maximum atomic E-state index is 12.7. The van der Waals surface area contributed by atoms with Crippen molar-refractivity contribution in [2.24, 2.45) is 5.92 Å². The summed E-state index contributed by atoms with van der Waals surface area (Å²) < 4.78 is 0. The van der Waals surface area contributed by atoms with E-state index in [1.165, 1.54) is 11.3 Å². The number of piperidine rings is 1. The van der Waals surface area contributed by atoms with Gasteiger partial charge < -0.3 is 10.2 Å². The minimum Gasteiger partial charge on any atom is -0.348 e. The first kappa shape index (κ1) is 15.3. The van der Waals surface area contributed by atoms with E-state index in [1.54, 1.807) is 6.20 Å². The average molecular weight is 341 g/mol. The van der Waals surface area contributed by atoms with Gasteiger partial charge in [-0.3, -0.25) is 14.6 Å². The quantitative estimate of drug-likeness (QED) is 0.933. The normalized spacial score (nSPS) is 25.0. The molecule has 1 saturated heterocycles. The number of carbonyl (C=O) groups is 2. The predicted molar refractivity (Wildman–Crippen MR) is 92.1 cm³/mol. The average Bonchev–Trinajstić information content (AvgIpc) is 3.31. The molecule has 1 aliphatic heterocycles. The number of pyridine rings is 1. The van der Waals surface area contributed by atoms with Crippen molar-refractivity contribution >= 4 is 23.2 Å². The third kappa shape index (κ3) is 2.71. The van der Waals surface area contributed by atoms with E-state index in [0.717, 1.165) is 23.4 Å². The van der Waals surface area contributed by atoms with Crippen molar-refractivity contribution in [3.05, 3.63) is 52.0 Å². The lowest BCUT2D eigenvalue weighted by molar-refractivity contribution is 0.0679. The smallest absolute Gasteiger partial charge is 0.261 e. The molecule has 3 atom stereocenters. The number of fused-ring (bicyclic) bond motifs is 2. The van der Waals surface area contributed by atoms with E-state index in [2.05, 4.69) is 10.3 Å². The summed E-state index contributed by atoms with van der Waals surface area (Å²) in [5, 5.41) is 5.05. The van der Waals surface area contributed by atoms with Crippen molar-refractivity contribution in [2.45, 2.75) is 31.8 Å². The van der Waals surface area contributed by atoms with Crippen LogP contribution in [0.4, 0.5) is 0 Å². The van der Waals surface area contributed by atoms with E-state index >= 15 is 0 Å². The van der Waals surface area contributed by atoms with Crippen molar-refractivity contribution in [2.75, 3.05) is 6.54 Å². The molecule has 2 aromatic heterocycles. The molecule has 1 N–H and O–H groups in total. The molecule has 2 aromatic rings. The molecule has 2 amide bonds. The van der Waals surface area contributed by atoms with Crippen molar-refractivity contribution in [1.82, 2.24) is 15.2 Å². The first-order chi connectivity index (χ1) is 11.6. The molecular formula is C18H19N3O2S. The van der Waals surface area contributed by atoms with Gasteiger partial charge in [-0.2, -0.15) is 0 Å². The number of aryl methyl sites for hydroxylation is 1. The summed E-state index contributed by atoms with van der Waals surface area (Å²) in [4.78, 5) is 31.8. The largest absolute Gasteiger partial charge is 0.348 e. The Kier molecular flexibility index (Phi) is 3.84. The lowest BCUT2D eigenvalue weighted by Gasteiger charge is -2.32. The fraction of sp³-hybridized carbons (Fsp3) is 0.389. The standard InChI is InChI=1S/C18H19N3O2S/c1-11-4-5-12(9-19-11)18(23)21-10-13-7-14(21)8-15(13)20-17(22)16-3-2-6-24-16/h2-6,9,13-15H,7-8,10H2,1H3,(H,20,22)/t13-,14-,15-/m0/s1. The van der Waals surface area contributed by atoms with Crippen LogP contribution in [0, 0.1) is 12.8 Å². The summed E-state index contributed by atoms with van der Waals surface area (Å²) in [5.74, 6) is 0.405. The first-order valence-corrected chi connectivity index (χ1v) is 9.08. The van der Waals surface area contributed by atoms with Crippen LogP contribution in [0.5, 0.6) is 0 Å². The Balaban J connectivity index is 1.40. The second-order valence-electron chi connectivity index (χ2n) is 6.59. The number of nitrogens with zero attached hydrogens (tertiary/aromatic N) is 2. The highest BCUT2D eigenvalue weighted by atomic mass is 32.1. The number of aromatic nitrogens is 1. The Morgan fingerprint density at radius 3 is 2.79 bits per heavy atom. The Bertz CT molecular complexity index is 757. The molecule has 4 rings (SSSR count). The molecule has 5 nitrogen and oxygen atoms in total. The van der Waals surface area contributed by atoms with Gasteiger partial charge in [-0.15, -0.1) is 11.3 Å². The molecule has 0 unspecified atom stereocenters. The van der Waals surface area contributed by atoms with Gasteiger partial charge >= 0.3 is 0 Å². The number of carbonyl (C=O) groups excluding carboxylic acids is 2. The minimum absolute atomic E-state index is 0.00293. The Morgan fingerprint density at radius 2 is 2.17 bits per heavy atom. The SMILES string of the molecule is Cc1ccc(C(=O)N2C[C@@H]3C[C@H]2C[C@@H]3NC(=O)c2cccs2)cn1. The van der Waals surface area contributed by atoms with Gasteiger partial charge in [-0.1, -0.05) is 6.07 Å². The van der Waals surface area contributed by atoms with Crippen LogP contribution in [0.3, 0.4) is 0 Å². The van der Waals surface area contributed by atoms with E-state index in [1.807, 2.05) is 41.5 Å². The van der Waals surface area contributed by atoms with Crippen molar-refractivity contribution in [3.63, 3.8) is 0 Å². The van der Waals surface area contributed by atoms with E-state index in [-0.39, 0.29) is 23.9 Å². The zero-order chi connectivity index (χ0) is 16.7. The highest BCUT2D eigenvalue weighted by molar-refractivity contribution is 7.12. The molecule has 1 aliphatic carbocycles. The molecule has 124 valence electrons. The number of hydrogen-bond acceptors (Lipinski definition) is 4. The van der Waals surface area contributed by atoms with Crippen LogP contribution in [-0.2, 0) is 0 Å². The van der Waals surface area contributed by atoms with Gasteiger partial charge in [-0.25, -0.2) is 0 Å². The number of amides is 2. The van der Waals surface area contributed by atoms with Crippen LogP contribution in [0.1, 0.15) is 38.6 Å². The molecular weight excluding hydrogens is 322 g/mol. The van der Waals surface area contributed by atoms with Gasteiger partial charge in [0.15, 0.2) is 0 Å². The topological polar surface area (TPSA) is 62.3 Å². The number of nitrogens with one attached hydrogen (secondary N) is 1. The summed E-state index contributed by atoms with van der Waals surface area (Å²) in [6.45, 7) is 2.62. The lowest BCUT2D eigenvalue weighted by Crippen LogP contribution is -2.47. The lowest BCUT2D eigenvalue weighted by atomic mass is 10.0. The first-order valence-electron chi connectivity index (χ1n) is 8.20. The second-order valence-corrected chi connectivity index (χ2v) is 7.54. The maximum absolute atomic E-state index is 12.7. The van der Waals surface area contributed by atoms with Gasteiger partial charge in [0.1, 0.15) is 0 Å². The molecule has 2 bridgehead atoms. The zero-order valence-corrected chi connectivity index (χ0v) is 14.3. The van der Waals surface area contributed by atoms with E-state index in [4.69, 9.17) is 0 Å². The van der Waals surface area contributed by atoms with Crippen molar-refractivity contribution in [1.29, 1.82) is 0 Å². The van der Waals surface area contributed by atoms with Crippen LogP contribution >= 0.6 is 11.3 Å². The predicted octanol–water partition coefficient (Wildman–Crippen LogP) is 2.48. The Morgan fingerprint density at radius 1 is 1.29 bits per heavy atom. The van der Waals surface area contributed by atoms with E-state index < -0.39 is 0 Å². The highest BCUT2D eigenvalue weighted by Crippen LogP contribution is 2.38. The molecule has 1 saturated carbocycles. The number of hydrogen-bond donors (Lipinski definition) is 1. The Hall–Kier alpha value is -2.21. The zero-order valence-electron chi connectivity index (χ0n) is 13.4. The van der Waals surface area contributed by atoms with Crippen LogP contribution in [0.2, 0.25) is 0 Å². The van der Waals surface area contributed by atoms with Gasteiger partial charge in [-0.05, 0) is 49.3 Å². The number of likely N-dealkylation sites (tertiary alicyclic amines) is 1. The third-order valence-corrected chi connectivity index (χ3v) is 5.89. The van der Waals surface area contributed by atoms with Crippen molar-refractivity contribution < 1.29 is 9.59 Å². The summed E-state index contributed by atoms with van der Waals surface area (Å²) >= 11 is 1.45. The van der Waals surface area contributed by atoms with Gasteiger partial charge in [0, 0.05) is 30.5 Å². The molecule has 6 heteroatoms. The maximum Gasteiger partial charge on any atom is 0.261 e. The number of rotatable bonds is 3. The fourth-order valence-electron chi connectivity index (χ4n) is 3.79. The molecule has 24 heavy (non-hydrogen) atoms. The van der Waals surface area contributed by atoms with Crippen LogP contribution < -0.4 is 5.32 Å². The van der Waals surface area contributed by atoms with E-state index in [0.29, 0.717) is 18.0 Å². The summed E-state index contributed by atoms with van der Waals surface area (Å²) in [6, 6.07) is 7.82. The molecule has 2 aliphatic rings. The third-order valence-electron chi connectivity index (χ3n) is 5.02. The summed E-state index contributed by atoms with van der Waals surface area (Å²) in [6.07, 6.45) is 3.47. The molecule has 0 radical (unpaired) electrons. The van der Waals surface area contributed by atoms with Crippen LogP contribution in [-0.4, -0.2) is 40.3 Å². The second kappa shape index (κ2) is 6.02. The molecule has 2 fully saturated rings. The minimum atomic E-state index is 0.00293. The molecule has 0 spiro atoms. The highest BCUT2D eigenvalue weighted by Gasteiger charge is 2.47. The monoisotopic (exact) mass is 341 g/mol. The van der Waals surface area contributed by atoms with Crippen LogP contribution in [0.25, 0.3) is 0 Å². The van der Waals surface area contributed by atoms with Gasteiger partial charge in [0.2, 0.25) is 0 Å². The summed E-state index contributed by atoms with van der Waals surface area (Å²) in [5.41, 5.74) is 1.55. The summed E-state index contributed by atoms with van der Waals surface area (Å²) in [7, 11) is 0. The van der Waals surface area contributed by atoms with Crippen LogP contribution in [0.15, 0.2) is 35.8 Å². The molecule has 0 aromatic carbocycles.